The number of halogens is 1. The van der Waals surface area contributed by atoms with Crippen molar-refractivity contribution in [3.8, 4) is 0 Å². The number of amides is 1. The van der Waals surface area contributed by atoms with Gasteiger partial charge in [-0.15, -0.1) is 16.4 Å². The summed E-state index contributed by atoms with van der Waals surface area (Å²) in [4.78, 5) is 13.2. The van der Waals surface area contributed by atoms with Crippen LogP contribution in [0, 0.1) is 0 Å². The first-order valence-electron chi connectivity index (χ1n) is 7.00. The number of anilines is 1. The largest absolute Gasteiger partial charge is 0.407 e. The van der Waals surface area contributed by atoms with Crippen LogP contribution in [0.5, 0.6) is 0 Å². The van der Waals surface area contributed by atoms with Crippen LogP contribution < -0.4 is 5.32 Å². The van der Waals surface area contributed by atoms with Gasteiger partial charge in [0.15, 0.2) is 9.84 Å². The molecule has 0 aliphatic carbocycles. The lowest BCUT2D eigenvalue weighted by atomic mass is 10.2. The van der Waals surface area contributed by atoms with Crippen LogP contribution in [0.2, 0.25) is 4.34 Å². The van der Waals surface area contributed by atoms with E-state index in [1.54, 1.807) is 18.2 Å². The van der Waals surface area contributed by atoms with Crippen molar-refractivity contribution >= 4 is 44.7 Å². The molecule has 0 saturated heterocycles. The topological polar surface area (TPSA) is 102 Å². The molecule has 25 heavy (non-hydrogen) atoms. The SMILES string of the molecule is CS(=O)(=O)c1ccccc1C(=O)Nc1nnc(Cc2ccc(Cl)s2)o1. The third-order valence-electron chi connectivity index (χ3n) is 3.17. The molecule has 0 spiro atoms. The Bertz CT molecular complexity index is 1030. The molecule has 130 valence electrons. The van der Waals surface area contributed by atoms with Crippen molar-refractivity contribution in [2.24, 2.45) is 0 Å². The quantitative estimate of drug-likeness (QED) is 0.709. The maximum absolute atomic E-state index is 12.3. The lowest BCUT2D eigenvalue weighted by molar-refractivity contribution is 0.102. The Labute approximate surface area is 152 Å². The zero-order chi connectivity index (χ0) is 18.0. The number of nitrogens with zero attached hydrogens (tertiary/aromatic N) is 2. The summed E-state index contributed by atoms with van der Waals surface area (Å²) in [6, 6.07) is 9.40. The number of carbonyl (C=O) groups is 1. The molecule has 0 fully saturated rings. The molecule has 0 atom stereocenters. The van der Waals surface area contributed by atoms with Gasteiger partial charge in [-0.1, -0.05) is 28.8 Å². The predicted molar refractivity (Wildman–Crippen MR) is 93.9 cm³/mol. The Kier molecular flexibility index (Phi) is 4.89. The molecule has 1 aromatic carbocycles. The third kappa shape index (κ3) is 4.25. The Morgan fingerprint density at radius 2 is 2.00 bits per heavy atom. The molecule has 0 aliphatic rings. The molecule has 7 nitrogen and oxygen atoms in total. The fourth-order valence-corrected chi connectivity index (χ4v) is 4.08. The van der Waals surface area contributed by atoms with Gasteiger partial charge in [0.2, 0.25) is 5.89 Å². The summed E-state index contributed by atoms with van der Waals surface area (Å²) in [6.07, 6.45) is 1.43. The van der Waals surface area contributed by atoms with Crippen molar-refractivity contribution < 1.29 is 17.6 Å². The predicted octanol–water partition coefficient (Wildman–Crippen LogP) is 3.03. The summed E-state index contributed by atoms with van der Waals surface area (Å²) in [6.45, 7) is 0. The third-order valence-corrected chi connectivity index (χ3v) is 5.56. The van der Waals surface area contributed by atoms with E-state index in [2.05, 4.69) is 15.5 Å². The van der Waals surface area contributed by atoms with Crippen molar-refractivity contribution in [2.45, 2.75) is 11.3 Å². The van der Waals surface area contributed by atoms with Crippen LogP contribution in [0.1, 0.15) is 21.1 Å². The second-order valence-corrected chi connectivity index (χ2v) is 8.89. The van der Waals surface area contributed by atoms with Crippen LogP contribution in [-0.2, 0) is 16.3 Å². The molecular formula is C15H12ClN3O4S2. The van der Waals surface area contributed by atoms with E-state index < -0.39 is 15.7 Å². The summed E-state index contributed by atoms with van der Waals surface area (Å²) in [5, 5.41) is 10.0. The zero-order valence-electron chi connectivity index (χ0n) is 12.9. The number of aromatic nitrogens is 2. The van der Waals surface area contributed by atoms with E-state index in [4.69, 9.17) is 16.0 Å². The Morgan fingerprint density at radius 1 is 1.24 bits per heavy atom. The van der Waals surface area contributed by atoms with E-state index in [1.165, 1.54) is 23.5 Å². The van der Waals surface area contributed by atoms with Crippen LogP contribution in [0.25, 0.3) is 0 Å². The molecule has 10 heteroatoms. The molecule has 0 aliphatic heterocycles. The Morgan fingerprint density at radius 3 is 2.68 bits per heavy atom. The van der Waals surface area contributed by atoms with Gasteiger partial charge in [0.1, 0.15) is 0 Å². The molecule has 2 heterocycles. The Hall–Kier alpha value is -2.23. The number of sulfone groups is 1. The van der Waals surface area contributed by atoms with Gasteiger partial charge < -0.3 is 4.42 Å². The lowest BCUT2D eigenvalue weighted by Gasteiger charge is -2.06. The highest BCUT2D eigenvalue weighted by Gasteiger charge is 2.20. The summed E-state index contributed by atoms with van der Waals surface area (Å²) in [5.74, 6) is -0.333. The summed E-state index contributed by atoms with van der Waals surface area (Å²) in [7, 11) is -3.54. The van der Waals surface area contributed by atoms with E-state index in [0.717, 1.165) is 11.1 Å². The minimum atomic E-state index is -3.54. The highest BCUT2D eigenvalue weighted by Crippen LogP contribution is 2.24. The second kappa shape index (κ2) is 6.95. The summed E-state index contributed by atoms with van der Waals surface area (Å²) < 4.78 is 29.6. The average molecular weight is 398 g/mol. The average Bonchev–Trinajstić information content (AvgIpc) is 3.16. The summed E-state index contributed by atoms with van der Waals surface area (Å²) in [5.41, 5.74) is 0.00906. The molecule has 3 aromatic rings. The maximum atomic E-state index is 12.3. The fourth-order valence-electron chi connectivity index (χ4n) is 2.11. The lowest BCUT2D eigenvalue weighted by Crippen LogP contribution is -2.16. The first kappa shape index (κ1) is 17.6. The minimum Gasteiger partial charge on any atom is -0.407 e. The van der Waals surface area contributed by atoms with Gasteiger partial charge in [-0.3, -0.25) is 10.1 Å². The van der Waals surface area contributed by atoms with E-state index in [-0.39, 0.29) is 16.5 Å². The number of thiophene rings is 1. The highest BCUT2D eigenvalue weighted by molar-refractivity contribution is 7.90. The highest BCUT2D eigenvalue weighted by atomic mass is 35.5. The van der Waals surface area contributed by atoms with E-state index in [9.17, 15) is 13.2 Å². The van der Waals surface area contributed by atoms with Gasteiger partial charge in [-0.2, -0.15) is 0 Å². The molecule has 0 radical (unpaired) electrons. The molecule has 3 rings (SSSR count). The van der Waals surface area contributed by atoms with Crippen LogP contribution >= 0.6 is 22.9 Å². The van der Waals surface area contributed by atoms with E-state index in [0.29, 0.717) is 16.6 Å². The number of hydrogen-bond acceptors (Lipinski definition) is 7. The van der Waals surface area contributed by atoms with Crippen molar-refractivity contribution in [1.82, 2.24) is 10.2 Å². The normalized spacial score (nSPS) is 11.4. The molecule has 1 N–H and O–H groups in total. The van der Waals surface area contributed by atoms with Gasteiger partial charge in [0, 0.05) is 11.1 Å². The molecule has 0 unspecified atom stereocenters. The number of benzene rings is 1. The molecule has 1 amide bonds. The number of hydrogen-bond donors (Lipinski definition) is 1. The number of nitrogens with one attached hydrogen (secondary N) is 1. The number of carbonyl (C=O) groups excluding carboxylic acids is 1. The molecular weight excluding hydrogens is 386 g/mol. The van der Waals surface area contributed by atoms with Crippen LogP contribution in [0.4, 0.5) is 6.01 Å². The van der Waals surface area contributed by atoms with Crippen LogP contribution in [0.15, 0.2) is 45.7 Å². The molecule has 0 saturated carbocycles. The van der Waals surface area contributed by atoms with Gasteiger partial charge in [-0.05, 0) is 24.3 Å². The summed E-state index contributed by atoms with van der Waals surface area (Å²) >= 11 is 7.26. The van der Waals surface area contributed by atoms with Crippen molar-refractivity contribution in [3.05, 3.63) is 57.1 Å². The smallest absolute Gasteiger partial charge is 0.322 e. The van der Waals surface area contributed by atoms with E-state index in [1.807, 2.05) is 6.07 Å². The van der Waals surface area contributed by atoms with Gasteiger partial charge in [0.05, 0.1) is 21.2 Å². The maximum Gasteiger partial charge on any atom is 0.322 e. The van der Waals surface area contributed by atoms with Gasteiger partial charge >= 0.3 is 6.01 Å². The zero-order valence-corrected chi connectivity index (χ0v) is 15.3. The molecule has 0 bridgehead atoms. The van der Waals surface area contributed by atoms with Crippen molar-refractivity contribution in [1.29, 1.82) is 0 Å². The van der Waals surface area contributed by atoms with Crippen molar-refractivity contribution in [3.63, 3.8) is 0 Å². The first-order chi connectivity index (χ1) is 11.8. The second-order valence-electron chi connectivity index (χ2n) is 5.11. The standard InChI is InChI=1S/C15H12ClN3O4S2/c1-25(21,22)11-5-3-2-4-10(11)14(20)17-15-19-18-13(23-15)8-9-6-7-12(16)24-9/h2-7H,8H2,1H3,(H,17,19,20). The Balaban J connectivity index is 1.76. The van der Waals surface area contributed by atoms with E-state index >= 15 is 0 Å². The monoisotopic (exact) mass is 397 g/mol. The fraction of sp³-hybridized carbons (Fsp3) is 0.133. The van der Waals surface area contributed by atoms with Crippen LogP contribution in [-0.4, -0.2) is 30.8 Å². The van der Waals surface area contributed by atoms with Crippen molar-refractivity contribution in [2.75, 3.05) is 11.6 Å². The minimum absolute atomic E-state index is 0.00906. The number of rotatable bonds is 5. The van der Waals surface area contributed by atoms with Gasteiger partial charge in [0.25, 0.3) is 5.91 Å². The molecule has 2 aromatic heterocycles. The van der Waals surface area contributed by atoms with Gasteiger partial charge in [-0.25, -0.2) is 8.42 Å². The van der Waals surface area contributed by atoms with Crippen LogP contribution in [0.3, 0.4) is 0 Å². The first-order valence-corrected chi connectivity index (χ1v) is 10.1.